The van der Waals surface area contributed by atoms with Crippen molar-refractivity contribution in [3.63, 3.8) is 0 Å². The van der Waals surface area contributed by atoms with E-state index in [1.807, 2.05) is 34.9 Å². The second-order valence-electron chi connectivity index (χ2n) is 6.62. The molecule has 1 atom stereocenters. The van der Waals surface area contributed by atoms with Gasteiger partial charge in [0.2, 0.25) is 5.91 Å². The first kappa shape index (κ1) is 18.7. The number of aromatic nitrogens is 4. The molecule has 0 bridgehead atoms. The molecule has 0 unspecified atom stereocenters. The molecule has 3 heterocycles. The summed E-state index contributed by atoms with van der Waals surface area (Å²) in [5.41, 5.74) is 1.35. The van der Waals surface area contributed by atoms with Gasteiger partial charge in [0, 0.05) is 19.3 Å². The summed E-state index contributed by atoms with van der Waals surface area (Å²) in [5.74, 6) is 0.159. The summed E-state index contributed by atoms with van der Waals surface area (Å²) in [6.45, 7) is 1.31. The highest BCUT2D eigenvalue weighted by molar-refractivity contribution is 7.99. The first-order valence-corrected chi connectivity index (χ1v) is 10.1. The second-order valence-corrected chi connectivity index (χ2v) is 7.56. The van der Waals surface area contributed by atoms with E-state index in [1.165, 1.54) is 18.1 Å². The van der Waals surface area contributed by atoms with Crippen LogP contribution in [0.15, 0.2) is 46.6 Å². The Morgan fingerprint density at radius 2 is 2.21 bits per heavy atom. The molecule has 1 N–H and O–H groups in total. The lowest BCUT2D eigenvalue weighted by molar-refractivity contribution is -0.115. The van der Waals surface area contributed by atoms with E-state index < -0.39 is 0 Å². The van der Waals surface area contributed by atoms with E-state index in [0.717, 1.165) is 25.1 Å². The van der Waals surface area contributed by atoms with Crippen LogP contribution in [0.5, 0.6) is 0 Å². The zero-order chi connectivity index (χ0) is 19.5. The van der Waals surface area contributed by atoms with Crippen molar-refractivity contribution >= 4 is 34.5 Å². The summed E-state index contributed by atoms with van der Waals surface area (Å²) in [4.78, 5) is 37.7. The Balaban J connectivity index is 1.56. The number of aromatic amines is 1. The summed E-state index contributed by atoms with van der Waals surface area (Å²) in [7, 11) is 1.75. The molecule has 0 radical (unpaired) electrons. The van der Waals surface area contributed by atoms with Crippen LogP contribution in [0.3, 0.4) is 0 Å². The molecule has 1 aromatic carbocycles. The number of carbonyl (C=O) groups is 1. The minimum atomic E-state index is -0.286. The van der Waals surface area contributed by atoms with Crippen molar-refractivity contribution in [3.8, 4) is 0 Å². The van der Waals surface area contributed by atoms with E-state index in [2.05, 4.69) is 15.0 Å². The Bertz CT molecular complexity index is 1030. The number of fused-ring (bicyclic) bond motifs is 1. The van der Waals surface area contributed by atoms with Gasteiger partial charge in [-0.15, -0.1) is 0 Å². The molecule has 0 aliphatic carbocycles. The molecule has 0 saturated carbocycles. The standard InChI is InChI=1S/C19H21N5O3S/c1-23(13-6-3-2-4-7-13)15(25)11-28-19-22-16-17(20-12-21-18(16)26)24(19)10-14-8-5-9-27-14/h2-4,6-7,12,14H,5,8-11H2,1H3,(H,20,21,26)/t14-/m1/s1. The number of nitrogens with one attached hydrogen (secondary N) is 1. The number of thioether (sulfide) groups is 1. The van der Waals surface area contributed by atoms with Gasteiger partial charge in [-0.2, -0.15) is 0 Å². The highest BCUT2D eigenvalue weighted by Gasteiger charge is 2.22. The molecule has 1 amide bonds. The number of hydrogen-bond acceptors (Lipinski definition) is 6. The van der Waals surface area contributed by atoms with Crippen LogP contribution in [0.2, 0.25) is 0 Å². The predicted molar refractivity (Wildman–Crippen MR) is 108 cm³/mol. The highest BCUT2D eigenvalue weighted by Crippen LogP contribution is 2.25. The Labute approximate surface area is 165 Å². The number of ether oxygens (including phenoxy) is 1. The van der Waals surface area contributed by atoms with Crippen molar-refractivity contribution in [2.75, 3.05) is 24.3 Å². The van der Waals surface area contributed by atoms with Crippen molar-refractivity contribution in [2.45, 2.75) is 30.6 Å². The van der Waals surface area contributed by atoms with Crippen molar-refractivity contribution in [1.29, 1.82) is 0 Å². The number of rotatable bonds is 6. The largest absolute Gasteiger partial charge is 0.376 e. The van der Waals surface area contributed by atoms with Crippen molar-refractivity contribution < 1.29 is 9.53 Å². The lowest BCUT2D eigenvalue weighted by Gasteiger charge is -2.17. The molecule has 4 rings (SSSR count). The maximum absolute atomic E-state index is 12.6. The van der Waals surface area contributed by atoms with Crippen LogP contribution in [0.4, 0.5) is 5.69 Å². The van der Waals surface area contributed by atoms with Crippen LogP contribution in [0, 0.1) is 0 Å². The van der Waals surface area contributed by atoms with Crippen LogP contribution in [-0.4, -0.2) is 50.9 Å². The van der Waals surface area contributed by atoms with Gasteiger partial charge in [-0.1, -0.05) is 30.0 Å². The van der Waals surface area contributed by atoms with Crippen molar-refractivity contribution in [1.82, 2.24) is 19.5 Å². The second kappa shape index (κ2) is 8.15. The molecule has 1 saturated heterocycles. The Kier molecular flexibility index (Phi) is 5.45. The molecule has 1 aliphatic heterocycles. The third-order valence-corrected chi connectivity index (χ3v) is 5.72. The third-order valence-electron chi connectivity index (χ3n) is 4.76. The van der Waals surface area contributed by atoms with E-state index >= 15 is 0 Å². The number of amides is 1. The van der Waals surface area contributed by atoms with Gasteiger partial charge >= 0.3 is 0 Å². The van der Waals surface area contributed by atoms with Gasteiger partial charge in [0.1, 0.15) is 0 Å². The fourth-order valence-corrected chi connectivity index (χ4v) is 4.13. The summed E-state index contributed by atoms with van der Waals surface area (Å²) < 4.78 is 7.63. The zero-order valence-corrected chi connectivity index (χ0v) is 16.3. The monoisotopic (exact) mass is 399 g/mol. The zero-order valence-electron chi connectivity index (χ0n) is 15.5. The lowest BCUT2D eigenvalue weighted by Crippen LogP contribution is -2.28. The van der Waals surface area contributed by atoms with Crippen LogP contribution in [0.1, 0.15) is 12.8 Å². The van der Waals surface area contributed by atoms with Gasteiger partial charge in [0.05, 0.1) is 24.7 Å². The fourth-order valence-electron chi connectivity index (χ4n) is 3.21. The molecule has 146 valence electrons. The summed E-state index contributed by atoms with van der Waals surface area (Å²) >= 11 is 1.31. The molecule has 0 spiro atoms. The normalized spacial score (nSPS) is 16.5. The van der Waals surface area contributed by atoms with Crippen molar-refractivity contribution in [3.05, 3.63) is 47.0 Å². The molecule has 3 aromatic rings. The molecule has 1 aliphatic rings. The summed E-state index contributed by atoms with van der Waals surface area (Å²) in [6.07, 6.45) is 3.43. The number of anilines is 1. The predicted octanol–water partition coefficient (Wildman–Crippen LogP) is 2.05. The summed E-state index contributed by atoms with van der Waals surface area (Å²) in [5, 5.41) is 0.601. The first-order chi connectivity index (χ1) is 13.6. The topological polar surface area (TPSA) is 93.1 Å². The molecular formula is C19H21N5O3S. The highest BCUT2D eigenvalue weighted by atomic mass is 32.2. The van der Waals surface area contributed by atoms with Gasteiger partial charge in [-0.3, -0.25) is 9.59 Å². The van der Waals surface area contributed by atoms with Gasteiger partial charge < -0.3 is 19.2 Å². The number of para-hydroxylation sites is 1. The van der Waals surface area contributed by atoms with Gasteiger partial charge in [-0.05, 0) is 25.0 Å². The van der Waals surface area contributed by atoms with E-state index in [9.17, 15) is 9.59 Å². The number of nitrogens with zero attached hydrogens (tertiary/aromatic N) is 4. The average Bonchev–Trinajstić information content (AvgIpc) is 3.36. The molecule has 28 heavy (non-hydrogen) atoms. The quantitative estimate of drug-likeness (QED) is 0.638. The Hall–Kier alpha value is -2.65. The molecule has 8 nitrogen and oxygen atoms in total. The lowest BCUT2D eigenvalue weighted by atomic mass is 10.2. The molecule has 1 fully saturated rings. The first-order valence-electron chi connectivity index (χ1n) is 9.13. The van der Waals surface area contributed by atoms with Gasteiger partial charge in [0.15, 0.2) is 16.3 Å². The molecule has 9 heteroatoms. The SMILES string of the molecule is CN(C(=O)CSc1nc2c(=O)[nH]cnc2n1C[C@H]1CCCO1)c1ccccc1. The van der Waals surface area contributed by atoms with Gasteiger partial charge in [-0.25, -0.2) is 9.97 Å². The van der Waals surface area contributed by atoms with Crippen LogP contribution < -0.4 is 10.5 Å². The fraction of sp³-hybridized carbons (Fsp3) is 0.368. The third kappa shape index (κ3) is 3.81. The maximum Gasteiger partial charge on any atom is 0.278 e. The van der Waals surface area contributed by atoms with E-state index in [4.69, 9.17) is 4.74 Å². The molecular weight excluding hydrogens is 378 g/mol. The average molecular weight is 399 g/mol. The maximum atomic E-state index is 12.6. The van der Waals surface area contributed by atoms with E-state index in [0.29, 0.717) is 17.3 Å². The minimum absolute atomic E-state index is 0.0474. The van der Waals surface area contributed by atoms with E-state index in [-0.39, 0.29) is 28.8 Å². The minimum Gasteiger partial charge on any atom is -0.376 e. The van der Waals surface area contributed by atoms with Crippen molar-refractivity contribution in [2.24, 2.45) is 0 Å². The smallest absolute Gasteiger partial charge is 0.278 e. The Morgan fingerprint density at radius 3 is 2.96 bits per heavy atom. The van der Waals surface area contributed by atoms with Crippen LogP contribution >= 0.6 is 11.8 Å². The summed E-state index contributed by atoms with van der Waals surface area (Å²) in [6, 6.07) is 9.47. The van der Waals surface area contributed by atoms with E-state index in [1.54, 1.807) is 11.9 Å². The number of hydrogen-bond donors (Lipinski definition) is 1. The number of H-pyrrole nitrogens is 1. The van der Waals surface area contributed by atoms with Gasteiger partial charge in [0.25, 0.3) is 5.56 Å². The number of imidazole rings is 1. The van der Waals surface area contributed by atoms with Crippen LogP contribution in [0.25, 0.3) is 11.2 Å². The number of carbonyl (C=O) groups excluding carboxylic acids is 1. The Morgan fingerprint density at radius 1 is 1.39 bits per heavy atom. The number of benzene rings is 1. The molecule has 2 aromatic heterocycles. The van der Waals surface area contributed by atoms with Crippen LogP contribution in [-0.2, 0) is 16.1 Å².